The van der Waals surface area contributed by atoms with Crippen molar-refractivity contribution in [3.8, 4) is 5.75 Å². The van der Waals surface area contributed by atoms with Crippen molar-refractivity contribution >= 4 is 28.4 Å². The molecule has 5 heteroatoms. The summed E-state index contributed by atoms with van der Waals surface area (Å²) in [6.45, 7) is 5.78. The summed E-state index contributed by atoms with van der Waals surface area (Å²) in [5.74, 6) is 0.488. The third kappa shape index (κ3) is 2.45. The van der Waals surface area contributed by atoms with E-state index < -0.39 is 11.3 Å². The van der Waals surface area contributed by atoms with E-state index in [0.717, 1.165) is 0 Å². The molecule has 0 saturated heterocycles. The number of nitrogens with zero attached hydrogens (tertiary/aromatic N) is 1. The molecule has 0 bridgehead atoms. The number of carbonyl (C=O) groups excluding carboxylic acids is 2. The van der Waals surface area contributed by atoms with Gasteiger partial charge in [0.15, 0.2) is 6.10 Å². The monoisotopic (exact) mass is 281 g/mol. The Morgan fingerprint density at radius 3 is 2.68 bits per heavy atom. The highest BCUT2D eigenvalue weighted by Crippen LogP contribution is 2.37. The van der Waals surface area contributed by atoms with E-state index in [2.05, 4.69) is 0 Å². The van der Waals surface area contributed by atoms with Gasteiger partial charge in [-0.3, -0.25) is 9.59 Å². The Morgan fingerprint density at radius 2 is 2.16 bits per heavy atom. The lowest BCUT2D eigenvalue weighted by atomic mass is 10.1. The lowest BCUT2D eigenvalue weighted by Gasteiger charge is -2.36. The summed E-state index contributed by atoms with van der Waals surface area (Å²) in [4.78, 5) is 25.2. The summed E-state index contributed by atoms with van der Waals surface area (Å²) >= 11 is 5.47. The minimum atomic E-state index is -0.535. The van der Waals surface area contributed by atoms with E-state index in [-0.39, 0.29) is 11.9 Å². The Hall–Kier alpha value is -1.55. The van der Waals surface area contributed by atoms with Gasteiger partial charge in [0.1, 0.15) is 5.75 Å². The number of carbonyl (C=O) groups is 2. The molecule has 0 aliphatic carbocycles. The predicted molar refractivity (Wildman–Crippen MR) is 74.0 cm³/mol. The van der Waals surface area contributed by atoms with Gasteiger partial charge in [0.2, 0.25) is 0 Å². The summed E-state index contributed by atoms with van der Waals surface area (Å²) in [6.07, 6.45) is 0.0798. The topological polar surface area (TPSA) is 46.6 Å². The van der Waals surface area contributed by atoms with E-state index >= 15 is 0 Å². The molecule has 0 spiro atoms. The van der Waals surface area contributed by atoms with Crippen LogP contribution < -0.4 is 9.64 Å². The van der Waals surface area contributed by atoms with Gasteiger partial charge in [-0.05, 0) is 50.1 Å². The molecule has 0 aromatic heterocycles. The highest BCUT2D eigenvalue weighted by Gasteiger charge is 2.34. The second-order valence-corrected chi connectivity index (χ2v) is 5.12. The summed E-state index contributed by atoms with van der Waals surface area (Å²) in [7, 11) is 0. The van der Waals surface area contributed by atoms with E-state index in [0.29, 0.717) is 23.4 Å². The molecule has 4 nitrogen and oxygen atoms in total. The number of anilines is 1. The van der Waals surface area contributed by atoms with E-state index in [1.807, 2.05) is 20.8 Å². The predicted octanol–water partition coefficient (Wildman–Crippen LogP) is 2.98. The number of hydrogen-bond donors (Lipinski definition) is 0. The van der Waals surface area contributed by atoms with Gasteiger partial charge < -0.3 is 9.64 Å². The largest absolute Gasteiger partial charge is 0.478 e. The fourth-order valence-corrected chi connectivity index (χ4v) is 2.32. The van der Waals surface area contributed by atoms with Crippen molar-refractivity contribution in [2.24, 2.45) is 0 Å². The maximum absolute atomic E-state index is 12.3. The van der Waals surface area contributed by atoms with Crippen LogP contribution in [0.4, 0.5) is 5.69 Å². The number of halogens is 1. The molecule has 0 saturated carbocycles. The molecule has 1 aromatic rings. The van der Waals surface area contributed by atoms with Gasteiger partial charge in [0.05, 0.1) is 5.69 Å². The van der Waals surface area contributed by atoms with Crippen LogP contribution in [0.25, 0.3) is 0 Å². The van der Waals surface area contributed by atoms with Crippen LogP contribution >= 0.6 is 11.6 Å². The van der Waals surface area contributed by atoms with Gasteiger partial charge in [0.25, 0.3) is 11.1 Å². The molecule has 0 N–H and O–H groups in total. The average molecular weight is 282 g/mol. The Kier molecular flexibility index (Phi) is 3.80. The molecule has 1 amide bonds. The first-order chi connectivity index (χ1) is 8.95. The SMILES string of the molecule is CC[C@@H]1Oc2cc(C(=O)Cl)ccc2N(C(C)C)C1=O. The first kappa shape index (κ1) is 13.9. The average Bonchev–Trinajstić information content (AvgIpc) is 2.36. The van der Waals surface area contributed by atoms with Gasteiger partial charge in [-0.25, -0.2) is 0 Å². The number of fused-ring (bicyclic) bond motifs is 1. The highest BCUT2D eigenvalue weighted by atomic mass is 35.5. The van der Waals surface area contributed by atoms with Crippen molar-refractivity contribution in [2.45, 2.75) is 39.3 Å². The van der Waals surface area contributed by atoms with Crippen LogP contribution in [-0.2, 0) is 4.79 Å². The standard InChI is InChI=1S/C14H16ClNO3/c1-4-11-14(18)16(8(2)3)10-6-5-9(13(15)17)7-12(10)19-11/h5-8,11H,4H2,1-3H3/t11-/m0/s1. The Bertz CT molecular complexity index is 527. The summed E-state index contributed by atoms with van der Waals surface area (Å²) in [5, 5.41) is -0.535. The number of rotatable bonds is 3. The third-order valence-corrected chi connectivity index (χ3v) is 3.33. The van der Waals surface area contributed by atoms with E-state index in [1.165, 1.54) is 0 Å². The lowest BCUT2D eigenvalue weighted by molar-refractivity contribution is -0.126. The maximum atomic E-state index is 12.3. The normalized spacial score (nSPS) is 18.3. The fraction of sp³-hybridized carbons (Fsp3) is 0.429. The van der Waals surface area contributed by atoms with Crippen molar-refractivity contribution < 1.29 is 14.3 Å². The van der Waals surface area contributed by atoms with E-state index in [1.54, 1.807) is 23.1 Å². The lowest BCUT2D eigenvalue weighted by Crippen LogP contribution is -2.48. The van der Waals surface area contributed by atoms with Crippen molar-refractivity contribution in [3.63, 3.8) is 0 Å². The number of ether oxygens (including phenoxy) is 1. The summed E-state index contributed by atoms with van der Waals surface area (Å²) in [5.41, 5.74) is 1.06. The minimum absolute atomic E-state index is 0.0294. The van der Waals surface area contributed by atoms with Crippen molar-refractivity contribution in [2.75, 3.05) is 4.90 Å². The molecule has 1 heterocycles. The van der Waals surface area contributed by atoms with Gasteiger partial charge in [0, 0.05) is 11.6 Å². The van der Waals surface area contributed by atoms with Gasteiger partial charge in [-0.1, -0.05) is 6.92 Å². The molecule has 0 fully saturated rings. The molecule has 19 heavy (non-hydrogen) atoms. The zero-order valence-electron chi connectivity index (χ0n) is 11.1. The van der Waals surface area contributed by atoms with Crippen LogP contribution in [0.1, 0.15) is 37.6 Å². The second kappa shape index (κ2) is 5.21. The Morgan fingerprint density at radius 1 is 1.47 bits per heavy atom. The van der Waals surface area contributed by atoms with Crippen LogP contribution in [0.5, 0.6) is 5.75 Å². The fourth-order valence-electron chi connectivity index (χ4n) is 2.20. The van der Waals surface area contributed by atoms with Gasteiger partial charge in [-0.2, -0.15) is 0 Å². The minimum Gasteiger partial charge on any atom is -0.478 e. The molecular weight excluding hydrogens is 266 g/mol. The zero-order chi connectivity index (χ0) is 14.2. The summed E-state index contributed by atoms with van der Waals surface area (Å²) < 4.78 is 5.66. The number of benzene rings is 1. The number of hydrogen-bond acceptors (Lipinski definition) is 3. The third-order valence-electron chi connectivity index (χ3n) is 3.12. The van der Waals surface area contributed by atoms with Crippen molar-refractivity contribution in [3.05, 3.63) is 23.8 Å². The number of amides is 1. The van der Waals surface area contributed by atoms with Crippen molar-refractivity contribution in [1.29, 1.82) is 0 Å². The van der Waals surface area contributed by atoms with Crippen LogP contribution in [-0.4, -0.2) is 23.3 Å². The molecule has 2 rings (SSSR count). The Labute approximate surface area is 117 Å². The van der Waals surface area contributed by atoms with Crippen LogP contribution in [0, 0.1) is 0 Å². The first-order valence-corrected chi connectivity index (χ1v) is 6.67. The quantitative estimate of drug-likeness (QED) is 0.800. The van der Waals surface area contributed by atoms with Gasteiger partial charge >= 0.3 is 0 Å². The van der Waals surface area contributed by atoms with Crippen LogP contribution in [0.2, 0.25) is 0 Å². The molecule has 1 atom stereocenters. The molecule has 0 radical (unpaired) electrons. The van der Waals surface area contributed by atoms with E-state index in [9.17, 15) is 9.59 Å². The molecule has 102 valence electrons. The molecule has 1 aromatic carbocycles. The molecule has 1 aliphatic rings. The molecular formula is C14H16ClNO3. The van der Waals surface area contributed by atoms with Crippen molar-refractivity contribution in [1.82, 2.24) is 0 Å². The summed E-state index contributed by atoms with van der Waals surface area (Å²) in [6, 6.07) is 4.93. The van der Waals surface area contributed by atoms with Gasteiger partial charge in [-0.15, -0.1) is 0 Å². The highest BCUT2D eigenvalue weighted by molar-refractivity contribution is 6.67. The molecule has 1 aliphatic heterocycles. The maximum Gasteiger partial charge on any atom is 0.268 e. The van der Waals surface area contributed by atoms with Crippen LogP contribution in [0.3, 0.4) is 0 Å². The Balaban J connectivity index is 2.51. The second-order valence-electron chi connectivity index (χ2n) is 4.77. The zero-order valence-corrected chi connectivity index (χ0v) is 11.9. The van der Waals surface area contributed by atoms with Crippen LogP contribution in [0.15, 0.2) is 18.2 Å². The smallest absolute Gasteiger partial charge is 0.268 e. The molecule has 0 unspecified atom stereocenters. The first-order valence-electron chi connectivity index (χ1n) is 6.29. The van der Waals surface area contributed by atoms with E-state index in [4.69, 9.17) is 16.3 Å².